The standard InChI is InChI=1S/C20H26N4O3S/c1-11(2)17(20-23-18(24-27-20)14-5-6-14)22-19(26)12(3)28-16-9-7-15(8-10-16)21-13(4)25/h7-12,14,17H,5-6H2,1-4H3,(H,21,25)(H,22,26). The lowest BCUT2D eigenvalue weighted by atomic mass is 10.0. The summed E-state index contributed by atoms with van der Waals surface area (Å²) in [5, 5.41) is 9.54. The maximum Gasteiger partial charge on any atom is 0.249 e. The average molecular weight is 403 g/mol. The number of hydrogen-bond donors (Lipinski definition) is 2. The van der Waals surface area contributed by atoms with Crippen LogP contribution in [-0.4, -0.2) is 27.2 Å². The van der Waals surface area contributed by atoms with Crippen molar-refractivity contribution in [2.75, 3.05) is 5.32 Å². The van der Waals surface area contributed by atoms with Crippen molar-refractivity contribution in [3.63, 3.8) is 0 Å². The minimum atomic E-state index is -0.308. The van der Waals surface area contributed by atoms with Gasteiger partial charge in [-0.1, -0.05) is 19.0 Å². The molecular weight excluding hydrogens is 376 g/mol. The molecule has 1 aliphatic carbocycles. The van der Waals surface area contributed by atoms with Crippen LogP contribution >= 0.6 is 11.8 Å². The maximum absolute atomic E-state index is 12.7. The fraction of sp³-hybridized carbons (Fsp3) is 0.500. The molecule has 2 amide bonds. The number of nitrogens with zero attached hydrogens (tertiary/aromatic N) is 2. The number of nitrogens with one attached hydrogen (secondary N) is 2. The number of rotatable bonds is 8. The Balaban J connectivity index is 1.60. The van der Waals surface area contributed by atoms with Gasteiger partial charge in [0.2, 0.25) is 17.7 Å². The predicted octanol–water partition coefficient (Wildman–Crippen LogP) is 3.90. The van der Waals surface area contributed by atoms with Crippen molar-refractivity contribution in [2.45, 2.75) is 62.6 Å². The molecule has 1 saturated carbocycles. The van der Waals surface area contributed by atoms with Gasteiger partial charge in [-0.3, -0.25) is 9.59 Å². The lowest BCUT2D eigenvalue weighted by Gasteiger charge is -2.21. The van der Waals surface area contributed by atoms with Gasteiger partial charge in [0, 0.05) is 23.4 Å². The van der Waals surface area contributed by atoms with Gasteiger partial charge in [0.15, 0.2) is 5.82 Å². The van der Waals surface area contributed by atoms with Crippen molar-refractivity contribution in [3.05, 3.63) is 36.0 Å². The SMILES string of the molecule is CC(=O)Nc1ccc(SC(C)C(=O)NC(c2nc(C3CC3)no2)C(C)C)cc1. The highest BCUT2D eigenvalue weighted by Gasteiger charge is 2.32. The van der Waals surface area contributed by atoms with E-state index >= 15 is 0 Å². The van der Waals surface area contributed by atoms with E-state index in [-0.39, 0.29) is 29.0 Å². The summed E-state index contributed by atoms with van der Waals surface area (Å²) in [5.41, 5.74) is 0.733. The van der Waals surface area contributed by atoms with Crippen LogP contribution in [0.2, 0.25) is 0 Å². The highest BCUT2D eigenvalue weighted by atomic mass is 32.2. The van der Waals surface area contributed by atoms with Gasteiger partial charge in [-0.2, -0.15) is 4.98 Å². The third-order valence-electron chi connectivity index (χ3n) is 4.49. The zero-order valence-electron chi connectivity index (χ0n) is 16.6. The number of thioether (sulfide) groups is 1. The van der Waals surface area contributed by atoms with Crippen molar-refractivity contribution < 1.29 is 14.1 Å². The molecule has 0 radical (unpaired) electrons. The average Bonchev–Trinajstić information content (AvgIpc) is 3.38. The number of aromatic nitrogens is 2. The summed E-state index contributed by atoms with van der Waals surface area (Å²) in [7, 11) is 0. The highest BCUT2D eigenvalue weighted by molar-refractivity contribution is 8.00. The molecule has 2 aromatic rings. The molecule has 0 spiro atoms. The van der Waals surface area contributed by atoms with Crippen LogP contribution in [0.15, 0.2) is 33.7 Å². The first kappa shape index (κ1) is 20.4. The van der Waals surface area contributed by atoms with Crippen molar-refractivity contribution in [2.24, 2.45) is 5.92 Å². The monoisotopic (exact) mass is 402 g/mol. The van der Waals surface area contributed by atoms with Gasteiger partial charge in [-0.25, -0.2) is 0 Å². The third kappa shape index (κ3) is 5.34. The first-order valence-electron chi connectivity index (χ1n) is 9.51. The van der Waals surface area contributed by atoms with Crippen molar-refractivity contribution in [3.8, 4) is 0 Å². The topological polar surface area (TPSA) is 97.1 Å². The van der Waals surface area contributed by atoms with Gasteiger partial charge >= 0.3 is 0 Å². The van der Waals surface area contributed by atoms with Crippen LogP contribution in [0.3, 0.4) is 0 Å². The molecule has 8 heteroatoms. The highest BCUT2D eigenvalue weighted by Crippen LogP contribution is 2.38. The van der Waals surface area contributed by atoms with Crippen molar-refractivity contribution in [1.82, 2.24) is 15.5 Å². The largest absolute Gasteiger partial charge is 0.343 e. The summed E-state index contributed by atoms with van der Waals surface area (Å²) in [6.07, 6.45) is 2.21. The van der Waals surface area contributed by atoms with E-state index in [4.69, 9.17) is 4.52 Å². The Morgan fingerprint density at radius 1 is 1.18 bits per heavy atom. The van der Waals surface area contributed by atoms with Gasteiger partial charge in [0.25, 0.3) is 0 Å². The zero-order valence-corrected chi connectivity index (χ0v) is 17.4. The van der Waals surface area contributed by atoms with Crippen LogP contribution in [0.4, 0.5) is 5.69 Å². The van der Waals surface area contributed by atoms with Crippen LogP contribution in [0.5, 0.6) is 0 Å². The van der Waals surface area contributed by atoms with E-state index in [1.807, 2.05) is 45.0 Å². The number of carbonyl (C=O) groups excluding carboxylic acids is 2. The summed E-state index contributed by atoms with van der Waals surface area (Å²) >= 11 is 1.46. The summed E-state index contributed by atoms with van der Waals surface area (Å²) in [6.45, 7) is 7.37. The first-order valence-corrected chi connectivity index (χ1v) is 10.4. The number of benzene rings is 1. The van der Waals surface area contributed by atoms with Crippen LogP contribution in [0.1, 0.15) is 64.2 Å². The molecule has 3 rings (SSSR count). The minimum absolute atomic E-state index is 0.0826. The Morgan fingerprint density at radius 2 is 1.86 bits per heavy atom. The molecule has 0 saturated heterocycles. The molecule has 150 valence electrons. The minimum Gasteiger partial charge on any atom is -0.343 e. The fourth-order valence-electron chi connectivity index (χ4n) is 2.74. The molecule has 1 aromatic carbocycles. The van der Waals surface area contributed by atoms with E-state index in [1.165, 1.54) is 18.7 Å². The van der Waals surface area contributed by atoms with Gasteiger partial charge in [-0.15, -0.1) is 11.8 Å². The van der Waals surface area contributed by atoms with E-state index in [0.29, 0.717) is 11.8 Å². The second-order valence-corrected chi connectivity index (χ2v) is 8.88. The zero-order chi connectivity index (χ0) is 20.3. The summed E-state index contributed by atoms with van der Waals surface area (Å²) in [5.74, 6) is 1.57. The van der Waals surface area contributed by atoms with E-state index < -0.39 is 0 Å². The molecule has 2 unspecified atom stereocenters. The molecule has 7 nitrogen and oxygen atoms in total. The third-order valence-corrected chi connectivity index (χ3v) is 5.60. The number of anilines is 1. The Morgan fingerprint density at radius 3 is 2.43 bits per heavy atom. The molecule has 1 heterocycles. The van der Waals surface area contributed by atoms with Crippen molar-refractivity contribution in [1.29, 1.82) is 0 Å². The Labute approximate surface area is 169 Å². The molecule has 0 bridgehead atoms. The van der Waals surface area contributed by atoms with Crippen LogP contribution < -0.4 is 10.6 Å². The van der Waals surface area contributed by atoms with Gasteiger partial charge in [0.1, 0.15) is 6.04 Å². The number of hydrogen-bond acceptors (Lipinski definition) is 6. The lowest BCUT2D eigenvalue weighted by Crippen LogP contribution is -2.36. The smallest absolute Gasteiger partial charge is 0.249 e. The van der Waals surface area contributed by atoms with Crippen molar-refractivity contribution >= 4 is 29.3 Å². The van der Waals surface area contributed by atoms with E-state index in [0.717, 1.165) is 29.2 Å². The first-order chi connectivity index (χ1) is 13.3. The lowest BCUT2D eigenvalue weighted by molar-refractivity contribution is -0.121. The molecule has 1 aromatic heterocycles. The predicted molar refractivity (Wildman–Crippen MR) is 108 cm³/mol. The summed E-state index contributed by atoms with van der Waals surface area (Å²) < 4.78 is 5.42. The fourth-order valence-corrected chi connectivity index (χ4v) is 3.62. The molecule has 1 aliphatic rings. The summed E-state index contributed by atoms with van der Waals surface area (Å²) in [6, 6.07) is 7.11. The van der Waals surface area contributed by atoms with E-state index in [2.05, 4.69) is 20.8 Å². The Kier molecular flexibility index (Phi) is 6.39. The Bertz CT molecular complexity index is 830. The second-order valence-electron chi connectivity index (χ2n) is 7.46. The van der Waals surface area contributed by atoms with Gasteiger partial charge in [-0.05, 0) is 49.9 Å². The quantitative estimate of drug-likeness (QED) is 0.650. The molecule has 1 fully saturated rings. The Hall–Kier alpha value is -2.35. The van der Waals surface area contributed by atoms with Crippen LogP contribution in [-0.2, 0) is 9.59 Å². The molecule has 2 N–H and O–H groups in total. The van der Waals surface area contributed by atoms with Gasteiger partial charge < -0.3 is 15.2 Å². The molecule has 0 aliphatic heterocycles. The number of carbonyl (C=O) groups is 2. The second kappa shape index (κ2) is 8.77. The van der Waals surface area contributed by atoms with Crippen LogP contribution in [0, 0.1) is 5.92 Å². The molecular formula is C20H26N4O3S. The van der Waals surface area contributed by atoms with Crippen LogP contribution in [0.25, 0.3) is 0 Å². The molecule has 2 atom stereocenters. The normalized spacial score (nSPS) is 15.9. The van der Waals surface area contributed by atoms with E-state index in [9.17, 15) is 9.59 Å². The van der Waals surface area contributed by atoms with E-state index in [1.54, 1.807) is 0 Å². The maximum atomic E-state index is 12.7. The summed E-state index contributed by atoms with van der Waals surface area (Å²) in [4.78, 5) is 29.3. The molecule has 28 heavy (non-hydrogen) atoms. The number of amides is 2. The van der Waals surface area contributed by atoms with Gasteiger partial charge in [0.05, 0.1) is 5.25 Å².